The smallest absolute Gasteiger partial charge is 0.227 e. The van der Waals surface area contributed by atoms with Crippen molar-refractivity contribution in [3.8, 4) is 11.4 Å². The van der Waals surface area contributed by atoms with Gasteiger partial charge in [-0.2, -0.15) is 4.98 Å². The fourth-order valence-electron chi connectivity index (χ4n) is 2.88. The van der Waals surface area contributed by atoms with Gasteiger partial charge in [-0.15, -0.1) is 0 Å². The minimum Gasteiger partial charge on any atom is -0.393 e. The van der Waals surface area contributed by atoms with Crippen molar-refractivity contribution in [1.29, 1.82) is 0 Å². The highest BCUT2D eigenvalue weighted by atomic mass is 35.5. The van der Waals surface area contributed by atoms with Crippen molar-refractivity contribution in [2.45, 2.75) is 38.2 Å². The highest BCUT2D eigenvalue weighted by Crippen LogP contribution is 2.24. The third kappa shape index (κ3) is 4.33. The van der Waals surface area contributed by atoms with Gasteiger partial charge in [0.15, 0.2) is 0 Å². The molecule has 2 N–H and O–H groups in total. The van der Waals surface area contributed by atoms with Gasteiger partial charge in [0.1, 0.15) is 0 Å². The van der Waals surface area contributed by atoms with Gasteiger partial charge >= 0.3 is 0 Å². The van der Waals surface area contributed by atoms with Gasteiger partial charge in [0, 0.05) is 35.9 Å². The number of halogens is 1. The summed E-state index contributed by atoms with van der Waals surface area (Å²) in [6.07, 6.45) is 3.20. The third-order valence-electron chi connectivity index (χ3n) is 4.32. The first-order chi connectivity index (χ1) is 11.6. The van der Waals surface area contributed by atoms with E-state index in [9.17, 15) is 9.90 Å². The number of nitrogens with one attached hydrogen (secondary N) is 1. The Bertz CT molecular complexity index is 687. The molecule has 2 atom stereocenters. The van der Waals surface area contributed by atoms with Crippen molar-refractivity contribution in [2.24, 2.45) is 5.92 Å². The molecule has 0 spiro atoms. The van der Waals surface area contributed by atoms with E-state index in [2.05, 4.69) is 15.5 Å². The Labute approximate surface area is 145 Å². The number of nitrogens with zero attached hydrogens (tertiary/aromatic N) is 2. The SMILES string of the molecule is O=C(CCc1nc(-c2ccc(Cl)cc2)no1)NCC1CCCC1O. The molecule has 3 rings (SSSR count). The van der Waals surface area contributed by atoms with E-state index in [4.69, 9.17) is 16.1 Å². The predicted octanol–water partition coefficient (Wildman–Crippen LogP) is 2.60. The number of carbonyl (C=O) groups is 1. The second-order valence-corrected chi connectivity index (χ2v) is 6.52. The third-order valence-corrected chi connectivity index (χ3v) is 4.57. The monoisotopic (exact) mass is 349 g/mol. The van der Waals surface area contributed by atoms with Crippen LogP contribution >= 0.6 is 11.6 Å². The van der Waals surface area contributed by atoms with Gasteiger partial charge in [-0.3, -0.25) is 4.79 Å². The van der Waals surface area contributed by atoms with Crippen LogP contribution in [-0.4, -0.2) is 33.8 Å². The Morgan fingerprint density at radius 3 is 2.83 bits per heavy atom. The molecule has 2 aromatic rings. The van der Waals surface area contributed by atoms with Crippen LogP contribution in [-0.2, 0) is 11.2 Å². The van der Waals surface area contributed by atoms with Crippen molar-refractivity contribution in [3.63, 3.8) is 0 Å². The molecular formula is C17H20ClN3O3. The summed E-state index contributed by atoms with van der Waals surface area (Å²) in [5, 5.41) is 17.2. The first kappa shape index (κ1) is 16.9. The van der Waals surface area contributed by atoms with Gasteiger partial charge in [0.2, 0.25) is 17.6 Å². The number of benzene rings is 1. The number of hydrogen-bond donors (Lipinski definition) is 2. The van der Waals surface area contributed by atoms with Crippen LogP contribution < -0.4 is 5.32 Å². The Morgan fingerprint density at radius 2 is 2.12 bits per heavy atom. The molecule has 1 saturated carbocycles. The van der Waals surface area contributed by atoms with E-state index in [1.807, 2.05) is 12.1 Å². The van der Waals surface area contributed by atoms with Crippen LogP contribution in [0, 0.1) is 5.92 Å². The van der Waals surface area contributed by atoms with Gasteiger partial charge in [-0.25, -0.2) is 0 Å². The van der Waals surface area contributed by atoms with Gasteiger partial charge in [0.05, 0.1) is 6.10 Å². The molecule has 2 unspecified atom stereocenters. The highest BCUT2D eigenvalue weighted by molar-refractivity contribution is 6.30. The molecule has 1 aromatic carbocycles. The lowest BCUT2D eigenvalue weighted by molar-refractivity contribution is -0.121. The lowest BCUT2D eigenvalue weighted by Crippen LogP contribution is -2.32. The summed E-state index contributed by atoms with van der Waals surface area (Å²) in [6.45, 7) is 0.528. The van der Waals surface area contributed by atoms with Gasteiger partial charge in [-0.05, 0) is 37.1 Å². The molecule has 6 nitrogen and oxygen atoms in total. The highest BCUT2D eigenvalue weighted by Gasteiger charge is 2.25. The zero-order valence-electron chi connectivity index (χ0n) is 13.2. The average molecular weight is 350 g/mol. The molecule has 24 heavy (non-hydrogen) atoms. The number of aliphatic hydroxyl groups excluding tert-OH is 1. The second kappa shape index (κ2) is 7.77. The van der Waals surface area contributed by atoms with Crippen molar-refractivity contribution >= 4 is 17.5 Å². The van der Waals surface area contributed by atoms with Crippen molar-refractivity contribution < 1.29 is 14.4 Å². The van der Waals surface area contributed by atoms with E-state index in [-0.39, 0.29) is 24.3 Å². The van der Waals surface area contributed by atoms with Crippen LogP contribution in [0.1, 0.15) is 31.6 Å². The molecule has 0 saturated heterocycles. The van der Waals surface area contributed by atoms with E-state index in [1.54, 1.807) is 12.1 Å². The van der Waals surface area contributed by atoms with E-state index in [0.29, 0.717) is 29.7 Å². The van der Waals surface area contributed by atoms with E-state index in [1.165, 1.54) is 0 Å². The molecule has 0 radical (unpaired) electrons. The maximum Gasteiger partial charge on any atom is 0.227 e. The van der Waals surface area contributed by atoms with Crippen molar-refractivity contribution in [3.05, 3.63) is 35.2 Å². The molecule has 1 aliphatic carbocycles. The molecule has 1 fully saturated rings. The maximum atomic E-state index is 11.9. The summed E-state index contributed by atoms with van der Waals surface area (Å²) in [4.78, 5) is 16.2. The van der Waals surface area contributed by atoms with Crippen molar-refractivity contribution in [2.75, 3.05) is 6.54 Å². The summed E-state index contributed by atoms with van der Waals surface area (Å²) in [6, 6.07) is 7.16. The first-order valence-corrected chi connectivity index (χ1v) is 8.53. The Balaban J connectivity index is 1.46. The van der Waals surface area contributed by atoms with Crippen LogP contribution in [0.4, 0.5) is 0 Å². The largest absolute Gasteiger partial charge is 0.393 e. The van der Waals surface area contributed by atoms with E-state index < -0.39 is 0 Å². The molecule has 1 aromatic heterocycles. The number of aromatic nitrogens is 2. The quantitative estimate of drug-likeness (QED) is 0.836. The lowest BCUT2D eigenvalue weighted by Gasteiger charge is -2.14. The van der Waals surface area contributed by atoms with Crippen LogP contribution in [0.3, 0.4) is 0 Å². The molecule has 0 aliphatic heterocycles. The molecule has 1 heterocycles. The summed E-state index contributed by atoms with van der Waals surface area (Å²) >= 11 is 5.85. The maximum absolute atomic E-state index is 11.9. The number of aliphatic hydroxyl groups is 1. The summed E-state index contributed by atoms with van der Waals surface area (Å²) < 4.78 is 5.18. The molecular weight excluding hydrogens is 330 g/mol. The second-order valence-electron chi connectivity index (χ2n) is 6.08. The first-order valence-electron chi connectivity index (χ1n) is 8.15. The molecule has 0 bridgehead atoms. The Morgan fingerprint density at radius 1 is 1.33 bits per heavy atom. The number of hydrogen-bond acceptors (Lipinski definition) is 5. The van der Waals surface area contributed by atoms with Crippen LogP contribution in [0.15, 0.2) is 28.8 Å². The minimum absolute atomic E-state index is 0.0691. The van der Waals surface area contributed by atoms with E-state index >= 15 is 0 Å². The molecule has 7 heteroatoms. The number of rotatable bonds is 6. The molecule has 128 valence electrons. The Kier molecular flexibility index (Phi) is 5.48. The van der Waals surface area contributed by atoms with E-state index in [0.717, 1.165) is 24.8 Å². The summed E-state index contributed by atoms with van der Waals surface area (Å²) in [5.74, 6) is 1.02. The van der Waals surface area contributed by atoms with Crippen LogP contribution in [0.2, 0.25) is 5.02 Å². The number of carbonyl (C=O) groups excluding carboxylic acids is 1. The fourth-order valence-corrected chi connectivity index (χ4v) is 3.01. The fraction of sp³-hybridized carbons (Fsp3) is 0.471. The number of amides is 1. The lowest BCUT2D eigenvalue weighted by atomic mass is 10.1. The molecule has 1 amide bonds. The average Bonchev–Trinajstić information content (AvgIpc) is 3.21. The minimum atomic E-state index is -0.289. The zero-order chi connectivity index (χ0) is 16.9. The topological polar surface area (TPSA) is 88.2 Å². The summed E-state index contributed by atoms with van der Waals surface area (Å²) in [7, 11) is 0. The molecule has 1 aliphatic rings. The normalized spacial score (nSPS) is 20.2. The number of aryl methyl sites for hydroxylation is 1. The Hall–Kier alpha value is -1.92. The zero-order valence-corrected chi connectivity index (χ0v) is 14.0. The van der Waals surface area contributed by atoms with Crippen LogP contribution in [0.5, 0.6) is 0 Å². The van der Waals surface area contributed by atoms with Gasteiger partial charge < -0.3 is 14.9 Å². The summed E-state index contributed by atoms with van der Waals surface area (Å²) in [5.41, 5.74) is 0.814. The van der Waals surface area contributed by atoms with Crippen LogP contribution in [0.25, 0.3) is 11.4 Å². The van der Waals surface area contributed by atoms with Gasteiger partial charge in [0.25, 0.3) is 0 Å². The van der Waals surface area contributed by atoms with Gasteiger partial charge in [-0.1, -0.05) is 23.2 Å². The van der Waals surface area contributed by atoms with Crippen molar-refractivity contribution in [1.82, 2.24) is 15.5 Å². The standard InChI is InChI=1S/C17H20ClN3O3/c18-13-6-4-11(5-7-13)17-20-16(24-21-17)9-8-15(23)19-10-12-2-1-3-14(12)22/h4-7,12,14,22H,1-3,8-10H2,(H,19,23). The predicted molar refractivity (Wildman–Crippen MR) is 89.4 cm³/mol.